The lowest BCUT2D eigenvalue weighted by molar-refractivity contribution is -0.388. The van der Waals surface area contributed by atoms with Crippen LogP contribution < -0.4 is 0 Å². The van der Waals surface area contributed by atoms with Crippen LogP contribution in [0.3, 0.4) is 0 Å². The first-order chi connectivity index (χ1) is 11.7. The van der Waals surface area contributed by atoms with E-state index in [0.29, 0.717) is 10.8 Å². The van der Waals surface area contributed by atoms with Gasteiger partial charge in [0.25, 0.3) is 0 Å². The van der Waals surface area contributed by atoms with Crippen molar-refractivity contribution >= 4 is 36.9 Å². The van der Waals surface area contributed by atoms with E-state index in [4.69, 9.17) is 0 Å². The number of fused-ring (bicyclic) bond motifs is 1. The van der Waals surface area contributed by atoms with Crippen LogP contribution in [0.1, 0.15) is 5.56 Å². The lowest BCUT2D eigenvalue weighted by Gasteiger charge is -2.32. The van der Waals surface area contributed by atoms with Gasteiger partial charge in [-0.05, 0) is 38.9 Å². The number of halogens is 10. The maximum absolute atomic E-state index is 13.8. The topological polar surface area (TPSA) is 0 Å². The molecule has 0 radical (unpaired) electrons. The first-order valence-corrected chi connectivity index (χ1v) is 7.87. The summed E-state index contributed by atoms with van der Waals surface area (Å²) in [7, 11) is 0. The summed E-state index contributed by atoms with van der Waals surface area (Å²) in [6.07, 6.45) is -7.41. The minimum atomic E-state index is -6.91. The molecule has 0 atom stereocenters. The molecule has 0 spiro atoms. The van der Waals surface area contributed by atoms with Gasteiger partial charge in [0.2, 0.25) is 0 Å². The van der Waals surface area contributed by atoms with Crippen molar-refractivity contribution in [1.29, 1.82) is 0 Å². The Morgan fingerprint density at radius 3 is 1.85 bits per heavy atom. The van der Waals surface area contributed by atoms with Crippen molar-refractivity contribution in [1.82, 2.24) is 0 Å². The van der Waals surface area contributed by atoms with Crippen LogP contribution in [-0.4, -0.2) is 23.9 Å². The highest BCUT2D eigenvalue weighted by Crippen LogP contribution is 2.54. The van der Waals surface area contributed by atoms with Crippen LogP contribution in [0.2, 0.25) is 0 Å². The fraction of sp³-hybridized carbons (Fsp3) is 0.250. The summed E-state index contributed by atoms with van der Waals surface area (Å²) in [5.74, 6) is -19.3. The van der Waals surface area contributed by atoms with Gasteiger partial charge in [-0.25, -0.2) is 0 Å². The average molecular weight is 498 g/mol. The van der Waals surface area contributed by atoms with Crippen LogP contribution in [0.15, 0.2) is 48.5 Å². The second-order valence-electron chi connectivity index (χ2n) is 5.29. The van der Waals surface area contributed by atoms with Crippen LogP contribution >= 0.6 is 22.6 Å². The maximum atomic E-state index is 13.8. The van der Waals surface area contributed by atoms with Crippen molar-refractivity contribution in [2.24, 2.45) is 0 Å². The van der Waals surface area contributed by atoms with E-state index in [1.165, 1.54) is 46.9 Å². The molecular weight excluding hydrogens is 490 g/mol. The number of allylic oxidation sites excluding steroid dienone is 1. The summed E-state index contributed by atoms with van der Waals surface area (Å²) in [6, 6.07) is 10.5. The lowest BCUT2D eigenvalue weighted by Crippen LogP contribution is -2.60. The molecule has 0 aliphatic rings. The Labute approximate surface area is 154 Å². The second-order valence-corrected chi connectivity index (χ2v) is 6.45. The Kier molecular flexibility index (Phi) is 5.30. The van der Waals surface area contributed by atoms with Crippen LogP contribution in [0.25, 0.3) is 14.4 Å². The summed E-state index contributed by atoms with van der Waals surface area (Å²) >= 11 is 1.19. The molecule has 0 bridgehead atoms. The number of benzene rings is 2. The zero-order valence-corrected chi connectivity index (χ0v) is 14.6. The molecule has 0 heterocycles. The fourth-order valence-corrected chi connectivity index (χ4v) is 3.01. The Morgan fingerprint density at radius 2 is 1.27 bits per heavy atom. The summed E-state index contributed by atoms with van der Waals surface area (Å²) in [6.45, 7) is 0. The quantitative estimate of drug-likeness (QED) is 0.312. The molecule has 0 aromatic heterocycles. The smallest absolute Gasteiger partial charge is 0.195 e. The number of hydrogen-bond acceptors (Lipinski definition) is 0. The molecule has 2 aromatic rings. The van der Waals surface area contributed by atoms with E-state index in [1.54, 1.807) is 18.2 Å². The van der Waals surface area contributed by atoms with E-state index in [0.717, 1.165) is 0 Å². The van der Waals surface area contributed by atoms with Crippen molar-refractivity contribution in [3.63, 3.8) is 0 Å². The normalized spacial score (nSPS) is 14.8. The van der Waals surface area contributed by atoms with Crippen molar-refractivity contribution in [2.45, 2.75) is 23.9 Å². The van der Waals surface area contributed by atoms with Crippen LogP contribution in [0.4, 0.5) is 39.5 Å². The lowest BCUT2D eigenvalue weighted by atomic mass is 10.0. The standard InChI is InChI=1S/C16H8F9I/c17-13(18,14(19,20)15(21,22)16(23,24)25)8-12(26)11-7-3-5-9-4-1-2-6-10(9)11/h1-8H/b12-8+. The predicted molar refractivity (Wildman–Crippen MR) is 86.8 cm³/mol. The molecule has 26 heavy (non-hydrogen) atoms. The molecule has 2 aromatic carbocycles. The van der Waals surface area contributed by atoms with Gasteiger partial charge >= 0.3 is 23.9 Å². The van der Waals surface area contributed by atoms with Gasteiger partial charge in [0.1, 0.15) is 0 Å². The molecule has 0 fully saturated rings. The summed E-state index contributed by atoms with van der Waals surface area (Å²) in [4.78, 5) is 0. The van der Waals surface area contributed by atoms with Crippen LogP contribution in [-0.2, 0) is 0 Å². The molecule has 0 N–H and O–H groups in total. The zero-order valence-electron chi connectivity index (χ0n) is 12.4. The molecule has 0 amide bonds. The van der Waals surface area contributed by atoms with Gasteiger partial charge in [-0.3, -0.25) is 0 Å². The molecule has 0 saturated heterocycles. The molecule has 0 nitrogen and oxygen atoms in total. The van der Waals surface area contributed by atoms with Gasteiger partial charge in [0.15, 0.2) is 0 Å². The molecule has 2 rings (SSSR count). The van der Waals surface area contributed by atoms with Gasteiger partial charge in [-0.2, -0.15) is 39.5 Å². The van der Waals surface area contributed by atoms with Gasteiger partial charge in [-0.1, -0.05) is 42.5 Å². The molecule has 0 aliphatic carbocycles. The molecule has 10 heteroatoms. The maximum Gasteiger partial charge on any atom is 0.460 e. The Balaban J connectivity index is 2.55. The summed E-state index contributed by atoms with van der Waals surface area (Å²) in [5.41, 5.74) is -0.00509. The average Bonchev–Trinajstić information content (AvgIpc) is 2.52. The van der Waals surface area contributed by atoms with E-state index in [2.05, 4.69) is 0 Å². The Bertz CT molecular complexity index is 832. The first-order valence-electron chi connectivity index (χ1n) is 6.79. The van der Waals surface area contributed by atoms with Crippen LogP contribution in [0, 0.1) is 0 Å². The van der Waals surface area contributed by atoms with Crippen molar-refractivity contribution in [2.75, 3.05) is 0 Å². The number of alkyl halides is 9. The SMILES string of the molecule is FC(F)(F)C(F)(F)C(F)(F)C(F)(F)/C=C(/I)c1cccc2ccccc12. The van der Waals surface area contributed by atoms with Gasteiger partial charge in [0.05, 0.1) is 0 Å². The molecular formula is C16H8F9I. The van der Waals surface area contributed by atoms with Crippen molar-refractivity contribution < 1.29 is 39.5 Å². The van der Waals surface area contributed by atoms with Gasteiger partial charge in [0, 0.05) is 9.66 Å². The summed E-state index contributed by atoms with van der Waals surface area (Å²) in [5, 5.41) is 0.889. The highest BCUT2D eigenvalue weighted by Gasteiger charge is 2.81. The summed E-state index contributed by atoms with van der Waals surface area (Å²) < 4.78 is 116. The van der Waals surface area contributed by atoms with Gasteiger partial charge in [-0.15, -0.1) is 0 Å². The number of rotatable bonds is 4. The van der Waals surface area contributed by atoms with Crippen molar-refractivity contribution in [3.8, 4) is 0 Å². The van der Waals surface area contributed by atoms with Crippen molar-refractivity contribution in [3.05, 3.63) is 54.1 Å². The molecule has 0 aliphatic heterocycles. The van der Waals surface area contributed by atoms with E-state index in [-0.39, 0.29) is 5.56 Å². The minimum absolute atomic E-state index is 0.00509. The molecule has 0 saturated carbocycles. The van der Waals surface area contributed by atoms with E-state index < -0.39 is 33.6 Å². The fourth-order valence-electron chi connectivity index (χ4n) is 2.15. The molecule has 142 valence electrons. The van der Waals surface area contributed by atoms with E-state index >= 15 is 0 Å². The second kappa shape index (κ2) is 6.61. The third-order valence-corrected chi connectivity index (χ3v) is 4.42. The van der Waals surface area contributed by atoms with Gasteiger partial charge < -0.3 is 0 Å². The predicted octanol–water partition coefficient (Wildman–Crippen LogP) is 7.08. The minimum Gasteiger partial charge on any atom is -0.195 e. The number of hydrogen-bond donors (Lipinski definition) is 0. The van der Waals surface area contributed by atoms with E-state index in [9.17, 15) is 39.5 Å². The molecule has 0 unspecified atom stereocenters. The van der Waals surface area contributed by atoms with Crippen LogP contribution in [0.5, 0.6) is 0 Å². The highest BCUT2D eigenvalue weighted by molar-refractivity contribution is 14.1. The zero-order chi connectivity index (χ0) is 20.0. The Morgan fingerprint density at radius 1 is 0.731 bits per heavy atom. The first kappa shape index (κ1) is 20.8. The third-order valence-electron chi connectivity index (χ3n) is 3.52. The monoisotopic (exact) mass is 498 g/mol. The third kappa shape index (κ3) is 3.39. The largest absolute Gasteiger partial charge is 0.460 e. The van der Waals surface area contributed by atoms with E-state index in [1.807, 2.05) is 0 Å². The Hall–Kier alpha value is -1.46. The highest BCUT2D eigenvalue weighted by atomic mass is 127.